The monoisotopic (exact) mass is 959 g/mol. The van der Waals surface area contributed by atoms with Gasteiger partial charge in [0.25, 0.3) is 0 Å². The first kappa shape index (κ1) is 41.5. The molecule has 0 amide bonds. The number of imidazole rings is 1. The van der Waals surface area contributed by atoms with Gasteiger partial charge in [0.2, 0.25) is 5.71 Å². The van der Waals surface area contributed by atoms with Crippen LogP contribution in [0.3, 0.4) is 0 Å². The summed E-state index contributed by atoms with van der Waals surface area (Å²) in [5.74, 6) is 2.43. The van der Waals surface area contributed by atoms with Gasteiger partial charge in [0.05, 0.1) is 30.5 Å². The van der Waals surface area contributed by atoms with E-state index in [2.05, 4.69) is 142 Å². The van der Waals surface area contributed by atoms with E-state index >= 15 is 0 Å². The van der Waals surface area contributed by atoms with E-state index in [0.717, 1.165) is 61.6 Å². The second kappa shape index (κ2) is 17.3. The van der Waals surface area contributed by atoms with Crippen molar-refractivity contribution in [2.24, 2.45) is 5.92 Å². The van der Waals surface area contributed by atoms with Crippen molar-refractivity contribution in [3.05, 3.63) is 138 Å². The Morgan fingerprint density at radius 2 is 1.52 bits per heavy atom. The largest absolute Gasteiger partial charge is 0.486 e. The van der Waals surface area contributed by atoms with Crippen LogP contribution in [0.5, 0.6) is 0 Å². The molecule has 0 spiro atoms. The molecule has 1 saturated carbocycles. The Kier molecular flexibility index (Phi) is 12.3. The van der Waals surface area contributed by atoms with Gasteiger partial charge < -0.3 is 14.0 Å². The molecule has 9 rings (SSSR count). The van der Waals surface area contributed by atoms with Crippen molar-refractivity contribution in [1.29, 1.82) is 0 Å². The molecule has 58 heavy (non-hydrogen) atoms. The van der Waals surface area contributed by atoms with E-state index in [4.69, 9.17) is 14.4 Å². The number of nitrogens with zero attached hydrogens (tertiary/aromatic N) is 4. The average Bonchev–Trinajstić information content (AvgIpc) is 3.95. The smallest absolute Gasteiger partial charge is 0.216 e. The van der Waals surface area contributed by atoms with Crippen LogP contribution in [0, 0.1) is 25.0 Å². The first-order valence-electron chi connectivity index (χ1n) is 20.8. The second-order valence-electron chi connectivity index (χ2n) is 17.5. The molecular formula is C51H54IrN4OSi-2. The van der Waals surface area contributed by atoms with Crippen LogP contribution in [0.2, 0.25) is 19.6 Å². The standard InChI is InChI=1S/C31H28N3O.C20H26NSi.Ir/c1-18(2)21-10-8-11-22(19(3)4)28(21)34-27-15-7-6-14-26(27)33-30(34)25-13-9-12-23-24-17-16-20(5)32-31(24)35-29(23)25;1-22(2,3)20-15-21-19(17-11-5-4-6-12-17)14-18(20)13-16-9-7-8-10-16;/h6-12,14-19H,1-5H3;4-6,11,14-16H,7-10,13H2,1-3H3;/q2*-1;. The van der Waals surface area contributed by atoms with Crippen molar-refractivity contribution >= 4 is 46.4 Å². The van der Waals surface area contributed by atoms with Crippen molar-refractivity contribution in [3.63, 3.8) is 0 Å². The normalized spacial score (nSPS) is 13.4. The van der Waals surface area contributed by atoms with E-state index in [0.29, 0.717) is 17.5 Å². The van der Waals surface area contributed by atoms with E-state index < -0.39 is 8.07 Å². The maximum Gasteiger partial charge on any atom is 0.216 e. The molecule has 0 unspecified atom stereocenters. The first-order chi connectivity index (χ1) is 27.5. The first-order valence-corrected chi connectivity index (χ1v) is 24.3. The summed E-state index contributed by atoms with van der Waals surface area (Å²) in [6.45, 7) is 18.3. The maximum atomic E-state index is 6.37. The van der Waals surface area contributed by atoms with Crippen molar-refractivity contribution in [1.82, 2.24) is 19.5 Å². The van der Waals surface area contributed by atoms with Gasteiger partial charge in [-0.15, -0.1) is 54.1 Å². The van der Waals surface area contributed by atoms with E-state index in [1.165, 1.54) is 48.9 Å². The zero-order valence-electron chi connectivity index (χ0n) is 35.1. The van der Waals surface area contributed by atoms with Gasteiger partial charge in [-0.2, -0.15) is 0 Å². The summed E-state index contributed by atoms with van der Waals surface area (Å²) in [4.78, 5) is 14.5. The number of aromatic nitrogens is 4. The van der Waals surface area contributed by atoms with Gasteiger partial charge in [-0.25, -0.2) is 4.98 Å². The van der Waals surface area contributed by atoms with Gasteiger partial charge >= 0.3 is 0 Å². The maximum absolute atomic E-state index is 6.37. The van der Waals surface area contributed by atoms with Crippen molar-refractivity contribution in [2.45, 2.75) is 98.2 Å². The molecule has 8 aromatic rings. The van der Waals surface area contributed by atoms with Crippen molar-refractivity contribution < 1.29 is 24.5 Å². The molecule has 1 aliphatic carbocycles. The molecule has 4 heterocycles. The third kappa shape index (κ3) is 8.27. The van der Waals surface area contributed by atoms with Gasteiger partial charge in [-0.05, 0) is 77.4 Å². The minimum atomic E-state index is -1.35. The predicted molar refractivity (Wildman–Crippen MR) is 240 cm³/mol. The van der Waals surface area contributed by atoms with Crippen LogP contribution in [0.25, 0.3) is 61.4 Å². The molecule has 0 bridgehead atoms. The summed E-state index contributed by atoms with van der Waals surface area (Å²) in [6.07, 6.45) is 9.03. The molecule has 7 heteroatoms. The van der Waals surface area contributed by atoms with Crippen LogP contribution < -0.4 is 5.19 Å². The van der Waals surface area contributed by atoms with Crippen LogP contribution in [0.1, 0.15) is 87.6 Å². The summed E-state index contributed by atoms with van der Waals surface area (Å²) >= 11 is 0. The van der Waals surface area contributed by atoms with Crippen LogP contribution in [-0.2, 0) is 26.5 Å². The fraction of sp³-hybridized carbons (Fsp3) is 0.314. The van der Waals surface area contributed by atoms with E-state index in [-0.39, 0.29) is 20.1 Å². The topological polar surface area (TPSA) is 56.7 Å². The number of aryl methyl sites for hydroxylation is 1. The number of rotatable bonds is 8. The Labute approximate surface area is 358 Å². The van der Waals surface area contributed by atoms with Crippen molar-refractivity contribution in [2.75, 3.05) is 0 Å². The van der Waals surface area contributed by atoms with E-state index in [1.807, 2.05) is 37.3 Å². The zero-order valence-corrected chi connectivity index (χ0v) is 38.5. The van der Waals surface area contributed by atoms with Gasteiger partial charge in [-0.3, -0.25) is 4.98 Å². The fourth-order valence-electron chi connectivity index (χ4n) is 8.64. The minimum Gasteiger partial charge on any atom is -0.486 e. The predicted octanol–water partition coefficient (Wildman–Crippen LogP) is 13.2. The fourth-order valence-corrected chi connectivity index (χ4v) is 10.2. The Morgan fingerprint density at radius 1 is 0.793 bits per heavy atom. The minimum absolute atomic E-state index is 0. The number of pyridine rings is 2. The zero-order chi connectivity index (χ0) is 39.8. The van der Waals surface area contributed by atoms with Crippen LogP contribution in [0.4, 0.5) is 0 Å². The molecule has 1 radical (unpaired) electrons. The Hall–Kier alpha value is -4.68. The number of hydrogen-bond acceptors (Lipinski definition) is 4. The molecule has 1 fully saturated rings. The molecule has 299 valence electrons. The third-order valence-electron chi connectivity index (χ3n) is 11.6. The molecule has 0 saturated heterocycles. The summed E-state index contributed by atoms with van der Waals surface area (Å²) in [6, 6.07) is 40.4. The summed E-state index contributed by atoms with van der Waals surface area (Å²) in [5, 5.41) is 3.58. The van der Waals surface area contributed by atoms with Crippen molar-refractivity contribution in [3.8, 4) is 28.3 Å². The summed E-state index contributed by atoms with van der Waals surface area (Å²) in [7, 11) is -1.35. The molecular weight excluding hydrogens is 905 g/mol. The Bertz CT molecular complexity index is 2660. The molecule has 4 aromatic carbocycles. The van der Waals surface area contributed by atoms with E-state index in [9.17, 15) is 0 Å². The van der Waals surface area contributed by atoms with Gasteiger partial charge in [-0.1, -0.05) is 126 Å². The van der Waals surface area contributed by atoms with Gasteiger partial charge in [0.1, 0.15) is 0 Å². The van der Waals surface area contributed by atoms with Crippen LogP contribution in [0.15, 0.2) is 108 Å². The molecule has 5 nitrogen and oxygen atoms in total. The van der Waals surface area contributed by atoms with Crippen LogP contribution >= 0.6 is 0 Å². The molecule has 1 aliphatic rings. The number of furan rings is 1. The molecule has 0 atom stereocenters. The number of benzene rings is 4. The van der Waals surface area contributed by atoms with Crippen LogP contribution in [-0.4, -0.2) is 27.6 Å². The number of para-hydroxylation sites is 3. The Morgan fingerprint density at radius 3 is 2.21 bits per heavy atom. The number of hydrogen-bond donors (Lipinski definition) is 0. The van der Waals surface area contributed by atoms with E-state index in [1.54, 1.807) is 10.8 Å². The van der Waals surface area contributed by atoms with Gasteiger partial charge in [0, 0.05) is 43.1 Å². The Balaban J connectivity index is 0.000000192. The molecule has 4 aromatic heterocycles. The summed E-state index contributed by atoms with van der Waals surface area (Å²) in [5.41, 5.74) is 12.8. The van der Waals surface area contributed by atoms with Gasteiger partial charge in [0.15, 0.2) is 0 Å². The molecule has 0 aliphatic heterocycles. The second-order valence-corrected chi connectivity index (χ2v) is 22.5. The quantitative estimate of drug-likeness (QED) is 0.112. The third-order valence-corrected chi connectivity index (χ3v) is 13.6. The molecule has 0 N–H and O–H groups in total. The SMILES string of the molecule is C[Si](C)(C)c1cnc(-c2[c-]cccc2)cc1CC1CCCC1.Cc1ccc2c(n1)oc1c(-c3nc4ccccc4n3-c3c(C(C)C)cccc3C(C)C)[c-]ccc12.[Ir]. The average molecular weight is 959 g/mol. The number of fused-ring (bicyclic) bond motifs is 4. The summed E-state index contributed by atoms with van der Waals surface area (Å²) < 4.78 is 8.68.